The topological polar surface area (TPSA) is 15.3 Å². The predicted molar refractivity (Wildman–Crippen MR) is 77.9 cm³/mol. The van der Waals surface area contributed by atoms with Crippen molar-refractivity contribution in [2.24, 2.45) is 11.8 Å². The summed E-state index contributed by atoms with van der Waals surface area (Å²) >= 11 is 1.79. The Hall–Kier alpha value is -0.380. The van der Waals surface area contributed by atoms with Crippen molar-refractivity contribution in [1.82, 2.24) is 10.2 Å². The van der Waals surface area contributed by atoms with Crippen molar-refractivity contribution in [2.75, 3.05) is 20.1 Å². The molecule has 2 aliphatic carbocycles. The van der Waals surface area contributed by atoms with Crippen LogP contribution in [0.5, 0.6) is 0 Å². The zero-order valence-electron chi connectivity index (χ0n) is 11.3. The third-order valence-corrected chi connectivity index (χ3v) is 4.90. The van der Waals surface area contributed by atoms with Gasteiger partial charge in [0.2, 0.25) is 0 Å². The summed E-state index contributed by atoms with van der Waals surface area (Å²) in [4.78, 5) is 2.42. The molecule has 2 aliphatic rings. The molecule has 0 aliphatic heterocycles. The Morgan fingerprint density at radius 1 is 1.33 bits per heavy atom. The molecule has 1 aromatic heterocycles. The molecular weight excluding hydrogens is 240 g/mol. The van der Waals surface area contributed by atoms with Crippen molar-refractivity contribution in [2.45, 2.75) is 38.3 Å². The molecule has 2 fully saturated rings. The van der Waals surface area contributed by atoms with E-state index in [-0.39, 0.29) is 0 Å². The van der Waals surface area contributed by atoms with Gasteiger partial charge in [0.15, 0.2) is 0 Å². The van der Waals surface area contributed by atoms with Crippen LogP contribution in [-0.2, 0) is 6.54 Å². The third-order valence-electron chi connectivity index (χ3n) is 4.17. The Bertz CT molecular complexity index is 343. The van der Waals surface area contributed by atoms with E-state index in [9.17, 15) is 0 Å². The van der Waals surface area contributed by atoms with E-state index in [1.54, 1.807) is 11.3 Å². The molecule has 0 saturated heterocycles. The van der Waals surface area contributed by atoms with Crippen LogP contribution in [0.3, 0.4) is 0 Å². The molecule has 1 aromatic rings. The smallest absolute Gasteiger partial charge is 0.0239 e. The van der Waals surface area contributed by atoms with Crippen molar-refractivity contribution in [3.8, 4) is 0 Å². The number of likely N-dealkylation sites (N-methyl/N-ethyl adjacent to an activating group) is 1. The van der Waals surface area contributed by atoms with Gasteiger partial charge in [-0.1, -0.05) is 0 Å². The molecule has 0 bridgehead atoms. The third kappa shape index (κ3) is 3.56. The van der Waals surface area contributed by atoms with Gasteiger partial charge >= 0.3 is 0 Å². The fraction of sp³-hybridized carbons (Fsp3) is 0.733. The molecule has 0 aromatic carbocycles. The summed E-state index contributed by atoms with van der Waals surface area (Å²) in [5.74, 6) is 2.03. The Morgan fingerprint density at radius 3 is 2.61 bits per heavy atom. The average molecular weight is 264 g/mol. The van der Waals surface area contributed by atoms with Gasteiger partial charge < -0.3 is 10.2 Å². The maximum absolute atomic E-state index is 3.82. The Labute approximate surface area is 114 Å². The molecule has 1 heterocycles. The van der Waals surface area contributed by atoms with E-state index in [2.05, 4.69) is 34.1 Å². The number of hydrogen-bond acceptors (Lipinski definition) is 3. The summed E-state index contributed by atoms with van der Waals surface area (Å²) < 4.78 is 0. The normalized spacial score (nSPS) is 19.9. The van der Waals surface area contributed by atoms with Crippen LogP contribution in [-0.4, -0.2) is 31.1 Å². The van der Waals surface area contributed by atoms with E-state index in [0.717, 1.165) is 37.5 Å². The Morgan fingerprint density at radius 2 is 2.06 bits per heavy atom. The first-order chi connectivity index (χ1) is 8.83. The summed E-state index contributed by atoms with van der Waals surface area (Å²) in [6, 6.07) is 3.07. The first-order valence-electron chi connectivity index (χ1n) is 7.26. The van der Waals surface area contributed by atoms with Crippen LogP contribution >= 0.6 is 11.3 Å². The highest BCUT2D eigenvalue weighted by Crippen LogP contribution is 2.44. The summed E-state index contributed by atoms with van der Waals surface area (Å²) in [5, 5.41) is 8.23. The summed E-state index contributed by atoms with van der Waals surface area (Å²) in [6.07, 6.45) is 5.88. The largest absolute Gasteiger partial charge is 0.312 e. The molecule has 2 nitrogen and oxygen atoms in total. The van der Waals surface area contributed by atoms with E-state index in [0.29, 0.717) is 0 Å². The minimum atomic E-state index is 0.847. The van der Waals surface area contributed by atoms with Gasteiger partial charge in [0.1, 0.15) is 0 Å². The van der Waals surface area contributed by atoms with E-state index < -0.39 is 0 Å². The lowest BCUT2D eigenvalue weighted by molar-refractivity contribution is 0.306. The maximum atomic E-state index is 3.82. The molecule has 1 N–H and O–H groups in total. The number of hydrogen-bond donors (Lipinski definition) is 1. The molecule has 3 heteroatoms. The Balaban J connectivity index is 1.35. The van der Waals surface area contributed by atoms with Crippen LogP contribution in [0, 0.1) is 11.8 Å². The van der Waals surface area contributed by atoms with E-state index >= 15 is 0 Å². The van der Waals surface area contributed by atoms with Gasteiger partial charge in [-0.2, -0.15) is 11.3 Å². The van der Waals surface area contributed by atoms with Crippen LogP contribution < -0.4 is 5.32 Å². The van der Waals surface area contributed by atoms with Crippen LogP contribution in [0.15, 0.2) is 16.8 Å². The zero-order valence-corrected chi connectivity index (χ0v) is 12.1. The first kappa shape index (κ1) is 12.6. The van der Waals surface area contributed by atoms with Gasteiger partial charge in [-0.05, 0) is 67.0 Å². The molecule has 0 spiro atoms. The Kier molecular flexibility index (Phi) is 4.02. The SMILES string of the molecule is CN(CCNC(C1CC1)C1CC1)Cc1ccsc1. The standard InChI is InChI=1S/C15H24N2S/c1-17(10-12-6-9-18-11-12)8-7-16-15(13-2-3-13)14-4-5-14/h6,9,11,13-16H,2-5,7-8,10H2,1H3. The second-order valence-corrected chi connectivity index (χ2v) is 6.80. The lowest BCUT2D eigenvalue weighted by atomic mass is 10.1. The van der Waals surface area contributed by atoms with E-state index in [1.165, 1.54) is 31.2 Å². The lowest BCUT2D eigenvalue weighted by Crippen LogP contribution is -2.38. The van der Waals surface area contributed by atoms with E-state index in [4.69, 9.17) is 0 Å². The van der Waals surface area contributed by atoms with Crippen molar-refractivity contribution in [3.63, 3.8) is 0 Å². The predicted octanol–water partition coefficient (Wildman–Crippen LogP) is 2.96. The molecule has 100 valence electrons. The number of nitrogens with zero attached hydrogens (tertiary/aromatic N) is 1. The molecule has 0 unspecified atom stereocenters. The summed E-state index contributed by atoms with van der Waals surface area (Å²) in [7, 11) is 2.22. The molecule has 0 atom stereocenters. The van der Waals surface area contributed by atoms with Crippen molar-refractivity contribution < 1.29 is 0 Å². The quantitative estimate of drug-likeness (QED) is 0.776. The zero-order chi connectivity index (χ0) is 12.4. The molecule has 3 rings (SSSR count). The van der Waals surface area contributed by atoms with E-state index in [1.807, 2.05) is 0 Å². The highest BCUT2D eigenvalue weighted by molar-refractivity contribution is 7.07. The molecule has 18 heavy (non-hydrogen) atoms. The highest BCUT2D eigenvalue weighted by atomic mass is 32.1. The minimum absolute atomic E-state index is 0.847. The second kappa shape index (κ2) is 5.72. The lowest BCUT2D eigenvalue weighted by Gasteiger charge is -2.21. The van der Waals surface area contributed by atoms with Gasteiger partial charge in [-0.3, -0.25) is 0 Å². The average Bonchev–Trinajstić information content (AvgIpc) is 3.27. The fourth-order valence-electron chi connectivity index (χ4n) is 2.82. The van der Waals surface area contributed by atoms with Crippen LogP contribution in [0.4, 0.5) is 0 Å². The van der Waals surface area contributed by atoms with Gasteiger partial charge in [-0.25, -0.2) is 0 Å². The van der Waals surface area contributed by atoms with Crippen molar-refractivity contribution in [3.05, 3.63) is 22.4 Å². The molecule has 0 amide bonds. The van der Waals surface area contributed by atoms with Gasteiger partial charge in [0.25, 0.3) is 0 Å². The van der Waals surface area contributed by atoms with Crippen molar-refractivity contribution in [1.29, 1.82) is 0 Å². The number of thiophene rings is 1. The number of nitrogens with one attached hydrogen (secondary N) is 1. The first-order valence-corrected chi connectivity index (χ1v) is 8.20. The second-order valence-electron chi connectivity index (χ2n) is 6.02. The fourth-order valence-corrected chi connectivity index (χ4v) is 3.48. The van der Waals surface area contributed by atoms with Crippen LogP contribution in [0.2, 0.25) is 0 Å². The highest BCUT2D eigenvalue weighted by Gasteiger charge is 2.40. The van der Waals surface area contributed by atoms with Gasteiger partial charge in [0.05, 0.1) is 0 Å². The van der Waals surface area contributed by atoms with Gasteiger partial charge in [-0.15, -0.1) is 0 Å². The molecular formula is C15H24N2S. The monoisotopic (exact) mass is 264 g/mol. The maximum Gasteiger partial charge on any atom is 0.0239 e. The minimum Gasteiger partial charge on any atom is -0.312 e. The summed E-state index contributed by atoms with van der Waals surface area (Å²) in [5.41, 5.74) is 1.45. The van der Waals surface area contributed by atoms with Gasteiger partial charge in [0, 0.05) is 25.7 Å². The molecule has 2 saturated carbocycles. The van der Waals surface area contributed by atoms with Crippen LogP contribution in [0.1, 0.15) is 31.2 Å². The molecule has 0 radical (unpaired) electrons. The van der Waals surface area contributed by atoms with Crippen LogP contribution in [0.25, 0.3) is 0 Å². The summed E-state index contributed by atoms with van der Waals surface area (Å²) in [6.45, 7) is 3.40. The van der Waals surface area contributed by atoms with Crippen molar-refractivity contribution >= 4 is 11.3 Å². The number of rotatable bonds is 8.